The Morgan fingerprint density at radius 2 is 1.83 bits per heavy atom. The van der Waals surface area contributed by atoms with Crippen molar-refractivity contribution in [3.8, 4) is 9.88 Å². The molecule has 0 radical (unpaired) electrons. The third-order valence-electron chi connectivity index (χ3n) is 3.07. The summed E-state index contributed by atoms with van der Waals surface area (Å²) in [6, 6.07) is 10.5. The number of carbonyl (C=O) groups excluding carboxylic acids is 2. The maximum atomic E-state index is 12.3. The van der Waals surface area contributed by atoms with Gasteiger partial charge in [-0.25, -0.2) is 9.78 Å². The number of anilines is 2. The van der Waals surface area contributed by atoms with E-state index in [1.54, 1.807) is 41.0 Å². The molecule has 2 heterocycles. The summed E-state index contributed by atoms with van der Waals surface area (Å²) >= 11 is 3.02. The number of carbonyl (C=O) groups is 2. The maximum Gasteiger partial charge on any atom is 0.318 e. The van der Waals surface area contributed by atoms with Crippen LogP contribution >= 0.6 is 22.7 Å². The summed E-state index contributed by atoms with van der Waals surface area (Å²) in [5.74, 6) is -0.286. The van der Waals surface area contributed by atoms with Gasteiger partial charge in [0.05, 0.1) is 4.88 Å². The zero-order chi connectivity index (χ0) is 16.9. The van der Waals surface area contributed by atoms with E-state index < -0.39 is 0 Å². The summed E-state index contributed by atoms with van der Waals surface area (Å²) in [6.07, 6.45) is 0. The molecule has 0 spiro atoms. The van der Waals surface area contributed by atoms with Crippen LogP contribution < -0.4 is 16.0 Å². The second-order valence-corrected chi connectivity index (χ2v) is 6.56. The zero-order valence-corrected chi connectivity index (χ0v) is 14.3. The van der Waals surface area contributed by atoms with E-state index >= 15 is 0 Å². The van der Waals surface area contributed by atoms with Gasteiger partial charge in [-0.1, -0.05) is 12.1 Å². The van der Waals surface area contributed by atoms with E-state index in [1.165, 1.54) is 18.4 Å². The van der Waals surface area contributed by atoms with Gasteiger partial charge in [0, 0.05) is 23.8 Å². The van der Waals surface area contributed by atoms with Gasteiger partial charge in [0.1, 0.15) is 10.7 Å². The number of nitrogens with one attached hydrogen (secondary N) is 3. The summed E-state index contributed by atoms with van der Waals surface area (Å²) in [4.78, 5) is 29.1. The standard InChI is InChI=1S/C16H14N4O2S2/c1-17-16(22)19-11-5-2-4-10(8-11)18-14(21)12-9-24-15(20-12)13-6-3-7-23-13/h2-9H,1H3,(H,18,21)(H2,17,19,22). The van der Waals surface area contributed by atoms with Crippen LogP contribution in [0.25, 0.3) is 9.88 Å². The Kier molecular flexibility index (Phi) is 4.88. The van der Waals surface area contributed by atoms with Crippen molar-refractivity contribution >= 4 is 46.0 Å². The van der Waals surface area contributed by atoms with Gasteiger partial charge < -0.3 is 16.0 Å². The Bertz CT molecular complexity index is 859. The number of urea groups is 1. The molecule has 0 fully saturated rings. The van der Waals surface area contributed by atoms with Gasteiger partial charge >= 0.3 is 6.03 Å². The SMILES string of the molecule is CNC(=O)Nc1cccc(NC(=O)c2csc(-c3cccs3)n2)c1. The molecule has 2 aromatic heterocycles. The van der Waals surface area contributed by atoms with Crippen molar-refractivity contribution < 1.29 is 9.59 Å². The molecule has 8 heteroatoms. The van der Waals surface area contributed by atoms with Crippen molar-refractivity contribution in [2.75, 3.05) is 17.7 Å². The molecule has 0 saturated carbocycles. The lowest BCUT2D eigenvalue weighted by atomic mass is 10.2. The van der Waals surface area contributed by atoms with E-state index in [4.69, 9.17) is 0 Å². The molecule has 0 unspecified atom stereocenters. The number of thiazole rings is 1. The molecular weight excluding hydrogens is 344 g/mol. The topological polar surface area (TPSA) is 83.1 Å². The van der Waals surface area contributed by atoms with E-state index in [9.17, 15) is 9.59 Å². The number of nitrogens with zero attached hydrogens (tertiary/aromatic N) is 1. The first-order valence-corrected chi connectivity index (χ1v) is 8.81. The monoisotopic (exact) mass is 358 g/mol. The average molecular weight is 358 g/mol. The van der Waals surface area contributed by atoms with E-state index in [0.717, 1.165) is 9.88 Å². The van der Waals surface area contributed by atoms with Crippen LogP contribution in [0.2, 0.25) is 0 Å². The van der Waals surface area contributed by atoms with Gasteiger partial charge in [0.25, 0.3) is 5.91 Å². The van der Waals surface area contributed by atoms with E-state index in [-0.39, 0.29) is 11.9 Å². The van der Waals surface area contributed by atoms with Crippen LogP contribution in [0.15, 0.2) is 47.2 Å². The minimum absolute atomic E-state index is 0.286. The summed E-state index contributed by atoms with van der Waals surface area (Å²) < 4.78 is 0. The lowest BCUT2D eigenvalue weighted by molar-refractivity contribution is 0.102. The van der Waals surface area contributed by atoms with Crippen LogP contribution in [0.5, 0.6) is 0 Å². The minimum atomic E-state index is -0.321. The molecule has 3 aromatic rings. The number of thiophene rings is 1. The smallest absolute Gasteiger partial charge is 0.318 e. The first-order chi connectivity index (χ1) is 11.7. The molecular formula is C16H14N4O2S2. The van der Waals surface area contributed by atoms with Crippen LogP contribution in [-0.2, 0) is 0 Å². The number of benzene rings is 1. The first-order valence-electron chi connectivity index (χ1n) is 7.05. The van der Waals surface area contributed by atoms with Crippen LogP contribution in [0.4, 0.5) is 16.2 Å². The van der Waals surface area contributed by atoms with Gasteiger partial charge in [-0.05, 0) is 29.6 Å². The molecule has 3 amide bonds. The lowest BCUT2D eigenvalue weighted by Crippen LogP contribution is -2.24. The molecule has 0 saturated heterocycles. The van der Waals surface area contributed by atoms with Gasteiger partial charge in [-0.15, -0.1) is 22.7 Å². The quantitative estimate of drug-likeness (QED) is 0.662. The number of hydrogen-bond acceptors (Lipinski definition) is 5. The van der Waals surface area contributed by atoms with Gasteiger partial charge in [0.2, 0.25) is 0 Å². The van der Waals surface area contributed by atoms with Gasteiger partial charge in [-0.3, -0.25) is 4.79 Å². The largest absolute Gasteiger partial charge is 0.341 e. The lowest BCUT2D eigenvalue weighted by Gasteiger charge is -2.07. The van der Waals surface area contributed by atoms with Crippen molar-refractivity contribution in [3.05, 3.63) is 52.9 Å². The van der Waals surface area contributed by atoms with E-state index in [2.05, 4.69) is 20.9 Å². The summed E-state index contributed by atoms with van der Waals surface area (Å²) in [5, 5.41) is 12.4. The molecule has 0 bridgehead atoms. The van der Waals surface area contributed by atoms with Crippen molar-refractivity contribution in [1.29, 1.82) is 0 Å². The third kappa shape index (κ3) is 3.79. The average Bonchev–Trinajstić information content (AvgIpc) is 3.26. The fourth-order valence-corrected chi connectivity index (χ4v) is 3.57. The summed E-state index contributed by atoms with van der Waals surface area (Å²) in [7, 11) is 1.54. The highest BCUT2D eigenvalue weighted by molar-refractivity contribution is 7.20. The number of aromatic nitrogens is 1. The number of amides is 3. The molecule has 6 nitrogen and oxygen atoms in total. The Hall–Kier alpha value is -2.71. The molecule has 3 rings (SSSR count). The predicted molar refractivity (Wildman–Crippen MR) is 97.9 cm³/mol. The summed E-state index contributed by atoms with van der Waals surface area (Å²) in [5.41, 5.74) is 1.54. The van der Waals surface area contributed by atoms with E-state index in [0.29, 0.717) is 17.1 Å². The maximum absolute atomic E-state index is 12.3. The molecule has 1 aromatic carbocycles. The van der Waals surface area contributed by atoms with Crippen molar-refractivity contribution in [2.45, 2.75) is 0 Å². The summed E-state index contributed by atoms with van der Waals surface area (Å²) in [6.45, 7) is 0. The highest BCUT2D eigenvalue weighted by atomic mass is 32.1. The number of rotatable bonds is 4. The van der Waals surface area contributed by atoms with Crippen LogP contribution in [0, 0.1) is 0 Å². The second-order valence-electron chi connectivity index (χ2n) is 4.75. The molecule has 0 aliphatic carbocycles. The Morgan fingerprint density at radius 3 is 2.54 bits per heavy atom. The van der Waals surface area contributed by atoms with Crippen molar-refractivity contribution in [3.63, 3.8) is 0 Å². The fraction of sp³-hybridized carbons (Fsp3) is 0.0625. The molecule has 0 aliphatic rings. The van der Waals surface area contributed by atoms with Crippen molar-refractivity contribution in [1.82, 2.24) is 10.3 Å². The number of hydrogen-bond donors (Lipinski definition) is 3. The highest BCUT2D eigenvalue weighted by Gasteiger charge is 2.13. The Labute approximate surface area is 146 Å². The van der Waals surface area contributed by atoms with Gasteiger partial charge in [-0.2, -0.15) is 0 Å². The molecule has 122 valence electrons. The predicted octanol–water partition coefficient (Wildman–Crippen LogP) is 3.88. The van der Waals surface area contributed by atoms with Crippen LogP contribution in [0.3, 0.4) is 0 Å². The van der Waals surface area contributed by atoms with Gasteiger partial charge in [0.15, 0.2) is 0 Å². The van der Waals surface area contributed by atoms with Crippen molar-refractivity contribution in [2.24, 2.45) is 0 Å². The minimum Gasteiger partial charge on any atom is -0.341 e. The van der Waals surface area contributed by atoms with Crippen LogP contribution in [-0.4, -0.2) is 24.0 Å². The molecule has 0 atom stereocenters. The molecule has 0 aliphatic heterocycles. The van der Waals surface area contributed by atoms with E-state index in [1.807, 2.05) is 17.5 Å². The fourth-order valence-electron chi connectivity index (χ4n) is 1.95. The highest BCUT2D eigenvalue weighted by Crippen LogP contribution is 2.28. The Morgan fingerprint density at radius 1 is 1.04 bits per heavy atom. The molecule has 3 N–H and O–H groups in total. The second kappa shape index (κ2) is 7.24. The van der Waals surface area contributed by atoms with Crippen LogP contribution in [0.1, 0.15) is 10.5 Å². The third-order valence-corrected chi connectivity index (χ3v) is 4.96. The Balaban J connectivity index is 1.71. The normalized spacial score (nSPS) is 10.2. The first kappa shape index (κ1) is 16.2. The zero-order valence-electron chi connectivity index (χ0n) is 12.7. The molecule has 24 heavy (non-hydrogen) atoms.